The number of hydrogen-bond acceptors (Lipinski definition) is 4. The zero-order valence-electron chi connectivity index (χ0n) is 12.6. The Hall–Kier alpha value is -1.09. The van der Waals surface area contributed by atoms with Crippen molar-refractivity contribution in [3.63, 3.8) is 0 Å². The van der Waals surface area contributed by atoms with Gasteiger partial charge in [-0.25, -0.2) is 0 Å². The molecule has 116 valence electrons. The van der Waals surface area contributed by atoms with Gasteiger partial charge in [0.25, 0.3) is 0 Å². The lowest BCUT2D eigenvalue weighted by molar-refractivity contribution is 0.0409. The van der Waals surface area contributed by atoms with Gasteiger partial charge in [-0.2, -0.15) is 5.26 Å². The Kier molecular flexibility index (Phi) is 8.36. The van der Waals surface area contributed by atoms with Crippen LogP contribution in [0.4, 0.5) is 5.69 Å². The standard InChI is InChI=1S/C16H23BrN2O2/c1-12(2)4-3-7-21-11-15(20)10-19-16-8-14(17)6-5-13(16)9-18/h5-6,8,12,15,19-20H,3-4,7,10-11H2,1-2H3. The second-order valence-corrected chi connectivity index (χ2v) is 6.36. The minimum Gasteiger partial charge on any atom is -0.389 e. The molecule has 1 aromatic carbocycles. The molecule has 0 aromatic heterocycles. The summed E-state index contributed by atoms with van der Waals surface area (Å²) < 4.78 is 6.34. The maximum atomic E-state index is 9.87. The molecule has 0 spiro atoms. The smallest absolute Gasteiger partial charge is 0.101 e. The highest BCUT2D eigenvalue weighted by atomic mass is 79.9. The maximum absolute atomic E-state index is 9.87. The molecule has 0 fully saturated rings. The molecule has 21 heavy (non-hydrogen) atoms. The van der Waals surface area contributed by atoms with Crippen molar-refractivity contribution in [2.75, 3.05) is 25.1 Å². The summed E-state index contributed by atoms with van der Waals surface area (Å²) in [6.45, 7) is 5.71. The minimum absolute atomic E-state index is 0.307. The summed E-state index contributed by atoms with van der Waals surface area (Å²) in [5.41, 5.74) is 1.27. The maximum Gasteiger partial charge on any atom is 0.101 e. The number of nitrogens with zero attached hydrogens (tertiary/aromatic N) is 1. The first-order chi connectivity index (χ1) is 10.0. The van der Waals surface area contributed by atoms with Crippen molar-refractivity contribution in [2.45, 2.75) is 32.8 Å². The average Bonchev–Trinajstić information content (AvgIpc) is 2.44. The average molecular weight is 355 g/mol. The van der Waals surface area contributed by atoms with Crippen LogP contribution in [0.15, 0.2) is 22.7 Å². The number of nitrogens with one attached hydrogen (secondary N) is 1. The van der Waals surface area contributed by atoms with Crippen LogP contribution in [0, 0.1) is 17.2 Å². The molecule has 0 saturated carbocycles. The van der Waals surface area contributed by atoms with Crippen LogP contribution in [0.25, 0.3) is 0 Å². The van der Waals surface area contributed by atoms with E-state index in [-0.39, 0.29) is 0 Å². The Balaban J connectivity index is 2.28. The van der Waals surface area contributed by atoms with E-state index in [0.717, 1.165) is 17.3 Å². The number of hydrogen-bond donors (Lipinski definition) is 2. The Labute approximate surface area is 135 Å². The fourth-order valence-electron chi connectivity index (χ4n) is 1.86. The Bertz CT molecular complexity index is 472. The van der Waals surface area contributed by atoms with Gasteiger partial charge in [-0.15, -0.1) is 0 Å². The van der Waals surface area contributed by atoms with Gasteiger partial charge < -0.3 is 15.2 Å². The molecule has 0 aliphatic carbocycles. The van der Waals surface area contributed by atoms with Gasteiger partial charge in [-0.05, 0) is 37.0 Å². The van der Waals surface area contributed by atoms with Crippen LogP contribution in [0.1, 0.15) is 32.3 Å². The van der Waals surface area contributed by atoms with Gasteiger partial charge in [0.15, 0.2) is 0 Å². The number of rotatable bonds is 9. The number of benzene rings is 1. The highest BCUT2D eigenvalue weighted by molar-refractivity contribution is 9.10. The summed E-state index contributed by atoms with van der Waals surface area (Å²) in [6, 6.07) is 7.50. The fraction of sp³-hybridized carbons (Fsp3) is 0.562. The minimum atomic E-state index is -0.588. The lowest BCUT2D eigenvalue weighted by Crippen LogP contribution is -2.25. The van der Waals surface area contributed by atoms with E-state index in [4.69, 9.17) is 10.00 Å². The highest BCUT2D eigenvalue weighted by Crippen LogP contribution is 2.20. The van der Waals surface area contributed by atoms with Crippen molar-refractivity contribution in [3.8, 4) is 6.07 Å². The second kappa shape index (κ2) is 9.78. The van der Waals surface area contributed by atoms with Crippen LogP contribution in [0.3, 0.4) is 0 Å². The first kappa shape index (κ1) is 18.0. The first-order valence-corrected chi connectivity index (χ1v) is 8.01. The number of nitriles is 1. The molecule has 0 aliphatic heterocycles. The Morgan fingerprint density at radius 3 is 2.86 bits per heavy atom. The molecule has 0 bridgehead atoms. The van der Waals surface area contributed by atoms with Gasteiger partial charge in [0.05, 0.1) is 24.0 Å². The Morgan fingerprint density at radius 2 is 2.19 bits per heavy atom. The summed E-state index contributed by atoms with van der Waals surface area (Å²) in [5.74, 6) is 0.682. The molecule has 1 aromatic rings. The number of ether oxygens (including phenoxy) is 1. The second-order valence-electron chi connectivity index (χ2n) is 5.45. The van der Waals surface area contributed by atoms with Crippen LogP contribution in [-0.4, -0.2) is 31.0 Å². The normalized spacial score (nSPS) is 12.2. The summed E-state index contributed by atoms with van der Waals surface area (Å²) in [4.78, 5) is 0. The lowest BCUT2D eigenvalue weighted by atomic mass is 10.1. The number of anilines is 1. The summed E-state index contributed by atoms with van der Waals surface area (Å²) in [5, 5.41) is 22.0. The lowest BCUT2D eigenvalue weighted by Gasteiger charge is -2.14. The molecule has 1 rings (SSSR count). The van der Waals surface area contributed by atoms with Crippen LogP contribution in [0.2, 0.25) is 0 Å². The monoisotopic (exact) mass is 354 g/mol. The number of aliphatic hydroxyl groups is 1. The van der Waals surface area contributed by atoms with E-state index in [1.165, 1.54) is 0 Å². The van der Waals surface area contributed by atoms with Crippen molar-refractivity contribution in [2.24, 2.45) is 5.92 Å². The van der Waals surface area contributed by atoms with Gasteiger partial charge in [0.1, 0.15) is 6.07 Å². The Morgan fingerprint density at radius 1 is 1.43 bits per heavy atom. The van der Waals surface area contributed by atoms with E-state index in [9.17, 15) is 5.11 Å². The van der Waals surface area contributed by atoms with Crippen molar-refractivity contribution in [1.29, 1.82) is 5.26 Å². The predicted molar refractivity (Wildman–Crippen MR) is 88.2 cm³/mol. The predicted octanol–water partition coefficient (Wildman–Crippen LogP) is 3.55. The zero-order chi connectivity index (χ0) is 15.7. The molecule has 0 radical (unpaired) electrons. The molecular weight excluding hydrogens is 332 g/mol. The number of halogens is 1. The largest absolute Gasteiger partial charge is 0.389 e. The third-order valence-electron chi connectivity index (χ3n) is 3.01. The van der Waals surface area contributed by atoms with Gasteiger partial charge in [-0.1, -0.05) is 29.8 Å². The van der Waals surface area contributed by atoms with Crippen molar-refractivity contribution >= 4 is 21.6 Å². The molecular formula is C16H23BrN2O2. The molecule has 2 N–H and O–H groups in total. The summed E-state index contributed by atoms with van der Waals surface area (Å²) in [7, 11) is 0. The SMILES string of the molecule is CC(C)CCCOCC(O)CNc1cc(Br)ccc1C#N. The van der Waals surface area contributed by atoms with E-state index in [1.807, 2.05) is 12.1 Å². The van der Waals surface area contributed by atoms with E-state index in [2.05, 4.69) is 41.2 Å². The van der Waals surface area contributed by atoms with Crippen LogP contribution >= 0.6 is 15.9 Å². The third kappa shape index (κ3) is 7.47. The van der Waals surface area contributed by atoms with Gasteiger partial charge in [0, 0.05) is 17.6 Å². The van der Waals surface area contributed by atoms with Crippen LogP contribution in [-0.2, 0) is 4.74 Å². The van der Waals surface area contributed by atoms with Crippen molar-refractivity contribution in [1.82, 2.24) is 0 Å². The summed E-state index contributed by atoms with van der Waals surface area (Å²) in [6.07, 6.45) is 1.56. The zero-order valence-corrected chi connectivity index (χ0v) is 14.2. The molecule has 4 nitrogen and oxygen atoms in total. The van der Waals surface area contributed by atoms with E-state index in [1.54, 1.807) is 6.07 Å². The molecule has 0 amide bonds. The van der Waals surface area contributed by atoms with E-state index < -0.39 is 6.10 Å². The van der Waals surface area contributed by atoms with Gasteiger partial charge in [-0.3, -0.25) is 0 Å². The molecule has 0 saturated heterocycles. The quantitative estimate of drug-likeness (QED) is 0.665. The van der Waals surface area contributed by atoms with Crippen LogP contribution < -0.4 is 5.32 Å². The molecule has 1 atom stereocenters. The third-order valence-corrected chi connectivity index (χ3v) is 3.50. The first-order valence-electron chi connectivity index (χ1n) is 7.22. The highest BCUT2D eigenvalue weighted by Gasteiger charge is 2.07. The number of aliphatic hydroxyl groups excluding tert-OH is 1. The van der Waals surface area contributed by atoms with Crippen LogP contribution in [0.5, 0.6) is 0 Å². The van der Waals surface area contributed by atoms with Gasteiger partial charge >= 0.3 is 0 Å². The van der Waals surface area contributed by atoms with Gasteiger partial charge in [0.2, 0.25) is 0 Å². The topological polar surface area (TPSA) is 65.3 Å². The molecule has 0 aliphatic rings. The molecule has 1 unspecified atom stereocenters. The van der Waals surface area contributed by atoms with E-state index >= 15 is 0 Å². The molecule has 5 heteroatoms. The molecule has 0 heterocycles. The van der Waals surface area contributed by atoms with E-state index in [0.29, 0.717) is 36.9 Å². The van der Waals surface area contributed by atoms with Crippen molar-refractivity contribution < 1.29 is 9.84 Å². The fourth-order valence-corrected chi connectivity index (χ4v) is 2.22. The summed E-state index contributed by atoms with van der Waals surface area (Å²) >= 11 is 3.37. The van der Waals surface area contributed by atoms with Crippen molar-refractivity contribution in [3.05, 3.63) is 28.2 Å².